The zero-order valence-corrected chi connectivity index (χ0v) is 22.5. The Kier molecular flexibility index (Phi) is 31.5. The van der Waals surface area contributed by atoms with Gasteiger partial charge in [-0.05, 0) is 20.8 Å². The van der Waals surface area contributed by atoms with Crippen molar-refractivity contribution in [3.63, 3.8) is 0 Å². The molecule has 0 aromatic carbocycles. The van der Waals surface area contributed by atoms with Gasteiger partial charge in [0.1, 0.15) is 5.60 Å². The summed E-state index contributed by atoms with van der Waals surface area (Å²) in [6.45, 7) is 5.09. The minimum atomic E-state index is -5.39. The van der Waals surface area contributed by atoms with Crippen LogP contribution in [0.15, 0.2) is 0 Å². The Hall–Kier alpha value is 4.41. The van der Waals surface area contributed by atoms with Crippen LogP contribution in [0.3, 0.4) is 0 Å². The number of phosphoric acid groups is 1. The van der Waals surface area contributed by atoms with Crippen LogP contribution in [0.4, 0.5) is 0 Å². The van der Waals surface area contributed by atoms with E-state index >= 15 is 0 Å². The molecule has 0 saturated heterocycles. The van der Waals surface area contributed by atoms with Crippen LogP contribution in [-0.2, 0) is 14.1 Å². The van der Waals surface area contributed by atoms with Crippen molar-refractivity contribution in [3.05, 3.63) is 0 Å². The minimum Gasteiger partial charge on any atom is -0.822 e. The summed E-state index contributed by atoms with van der Waals surface area (Å²) in [7, 11) is -5.39. The molecule has 1 unspecified atom stereocenters. The molecule has 0 fully saturated rings. The zero-order valence-electron chi connectivity index (χ0n) is 12.2. The molecule has 0 rings (SSSR count). The third kappa shape index (κ3) is 39.3. The van der Waals surface area contributed by atoms with E-state index in [4.69, 9.17) is 34.8 Å². The first kappa shape index (κ1) is 34.7. The molecule has 19 heavy (non-hydrogen) atoms. The van der Waals surface area contributed by atoms with E-state index in [1.54, 1.807) is 20.8 Å². The van der Waals surface area contributed by atoms with Gasteiger partial charge in [0.15, 0.2) is 6.10 Å². The summed E-state index contributed by atoms with van der Waals surface area (Å²) in [5.74, 6) is -0.667. The quantitative estimate of drug-likeness (QED) is 0.274. The molecule has 0 aromatic rings. The molecule has 1 atom stereocenters. The summed E-state index contributed by atoms with van der Waals surface area (Å²) in [6.07, 6.45) is -1.20. The largest absolute Gasteiger partial charge is 1.00 e. The summed E-state index contributed by atoms with van der Waals surface area (Å²) in [5, 5.41) is 8.89. The number of ether oxygens (including phenoxy) is 1. The number of esters is 1. The van der Waals surface area contributed by atoms with Crippen LogP contribution in [0.1, 0.15) is 20.8 Å². The molecule has 0 aliphatic rings. The maximum Gasteiger partial charge on any atom is 1.00 e. The minimum absolute atomic E-state index is 0. The average molecular weight is 373 g/mol. The fourth-order valence-corrected chi connectivity index (χ4v) is 0.466. The van der Waals surface area contributed by atoms with Crippen molar-refractivity contribution in [3.8, 4) is 0 Å². The number of hydrogen-bond acceptors (Lipinski definition) is 8. The fraction of sp³-hybridized carbons (Fsp3) is 0.857. The van der Waals surface area contributed by atoms with Gasteiger partial charge in [-0.3, -0.25) is 0 Å². The molecule has 0 aromatic heterocycles. The van der Waals surface area contributed by atoms with Crippen LogP contribution < -0.4 is 175 Å². The van der Waals surface area contributed by atoms with Crippen LogP contribution >= 0.6 is 7.82 Å². The van der Waals surface area contributed by atoms with Crippen LogP contribution in [0, 0.1) is 0 Å². The Bertz CT molecular complexity index is 260. The monoisotopic (exact) mass is 373 g/mol. The van der Waals surface area contributed by atoms with Crippen LogP contribution in [0.25, 0.3) is 0 Å². The maximum absolute atomic E-state index is 10.8. The van der Waals surface area contributed by atoms with Crippen LogP contribution in [0.5, 0.6) is 0 Å². The number of aliphatic hydroxyl groups is 1. The van der Waals surface area contributed by atoms with E-state index in [9.17, 15) is 4.79 Å². The molecule has 98 valence electrons. The Labute approximate surface area is 240 Å². The van der Waals surface area contributed by atoms with Gasteiger partial charge in [-0.1, -0.05) is 0 Å². The Balaban J connectivity index is -0.0000000717. The van der Waals surface area contributed by atoms with Crippen molar-refractivity contribution in [2.24, 2.45) is 5.73 Å². The molecule has 0 saturated carbocycles. The number of carbonyl (C=O) groups excluding carboxylic acids is 1. The molecule has 0 aliphatic carbocycles. The van der Waals surface area contributed by atoms with Crippen molar-refractivity contribution in [1.82, 2.24) is 0 Å². The standard InChI is InChI=1S/C7H15NO3.3K.H3O4P/c1-7(2,3)11-6(10)5(9)4-8;;;;1-5(2,3)4/h5,9H,4,8H2,1-3H3;;;;(H3,1,2,3,4)/q;3*+1;/p-3. The predicted molar refractivity (Wildman–Crippen MR) is 48.5 cm³/mol. The Morgan fingerprint density at radius 1 is 1.26 bits per heavy atom. The van der Waals surface area contributed by atoms with Gasteiger partial charge in [0.2, 0.25) is 0 Å². The second kappa shape index (κ2) is 17.2. The molecular weight excluding hydrogens is 358 g/mol. The van der Waals surface area contributed by atoms with E-state index < -0.39 is 25.5 Å². The molecule has 0 amide bonds. The van der Waals surface area contributed by atoms with E-state index in [0.717, 1.165) is 0 Å². The number of rotatable bonds is 2. The summed E-state index contributed by atoms with van der Waals surface area (Å²) >= 11 is 0. The van der Waals surface area contributed by atoms with Gasteiger partial charge in [0, 0.05) is 6.54 Å². The van der Waals surface area contributed by atoms with Gasteiger partial charge >= 0.3 is 160 Å². The predicted octanol–water partition coefficient (Wildman–Crippen LogP) is -12.2. The van der Waals surface area contributed by atoms with Crippen molar-refractivity contribution in [2.45, 2.75) is 32.5 Å². The van der Waals surface area contributed by atoms with Gasteiger partial charge in [-0.25, -0.2) is 4.79 Å². The Morgan fingerprint density at radius 3 is 1.68 bits per heavy atom. The van der Waals surface area contributed by atoms with E-state index in [2.05, 4.69) is 0 Å². The molecule has 0 spiro atoms. The second-order valence-corrected chi connectivity index (χ2v) is 4.63. The van der Waals surface area contributed by atoms with Gasteiger partial charge in [-0.15, -0.1) is 0 Å². The summed E-state index contributed by atoms with van der Waals surface area (Å²) in [6, 6.07) is 0. The first-order valence-electron chi connectivity index (χ1n) is 4.21. The molecule has 8 nitrogen and oxygen atoms in total. The van der Waals surface area contributed by atoms with E-state index in [1.807, 2.05) is 0 Å². The topological polar surface area (TPSA) is 159 Å². The van der Waals surface area contributed by atoms with E-state index in [1.165, 1.54) is 0 Å². The average Bonchev–Trinajstić information content (AvgIpc) is 1.96. The molecule has 0 radical (unpaired) electrons. The van der Waals surface area contributed by atoms with Gasteiger partial charge in [-0.2, -0.15) is 7.82 Å². The Morgan fingerprint density at radius 2 is 1.53 bits per heavy atom. The molecule has 0 bridgehead atoms. The fourth-order valence-electron chi connectivity index (χ4n) is 0.466. The van der Waals surface area contributed by atoms with Crippen LogP contribution in [0.2, 0.25) is 0 Å². The van der Waals surface area contributed by atoms with Crippen molar-refractivity contribution in [2.75, 3.05) is 6.54 Å². The number of aliphatic hydroxyl groups excluding tert-OH is 1. The zero-order chi connectivity index (χ0) is 13.6. The first-order chi connectivity index (χ1) is 6.87. The number of carbonyl (C=O) groups is 1. The second-order valence-electron chi connectivity index (χ2n) is 3.73. The summed E-state index contributed by atoms with van der Waals surface area (Å²) < 4.78 is 13.4. The molecular formula is C7H15K3NO7P. The van der Waals surface area contributed by atoms with Crippen molar-refractivity contribution >= 4 is 13.8 Å². The molecule has 3 N–H and O–H groups in total. The van der Waals surface area contributed by atoms with Crippen LogP contribution in [-0.4, -0.2) is 29.3 Å². The molecule has 0 aliphatic heterocycles. The van der Waals surface area contributed by atoms with Crippen molar-refractivity contribution < 1.29 is 188 Å². The van der Waals surface area contributed by atoms with Gasteiger partial charge in [0.05, 0.1) is 0 Å². The number of nitrogens with two attached hydrogens (primary N) is 1. The third-order valence-corrected chi connectivity index (χ3v) is 0.902. The summed E-state index contributed by atoms with van der Waals surface area (Å²) in [5.41, 5.74) is 4.48. The SMILES string of the molecule is CC(C)(C)OC(=O)C(O)CN.O=P([O-])([O-])[O-].[K+].[K+].[K+]. The first-order valence-corrected chi connectivity index (χ1v) is 5.67. The van der Waals surface area contributed by atoms with Gasteiger partial charge in [0.25, 0.3) is 0 Å². The third-order valence-electron chi connectivity index (χ3n) is 0.902. The van der Waals surface area contributed by atoms with E-state index in [0.29, 0.717) is 0 Å². The normalized spacial score (nSPS) is 11.4. The van der Waals surface area contributed by atoms with Crippen molar-refractivity contribution in [1.29, 1.82) is 0 Å². The van der Waals surface area contributed by atoms with E-state index in [-0.39, 0.29) is 161 Å². The smallest absolute Gasteiger partial charge is 0.822 e. The molecule has 0 heterocycles. The molecule has 12 heteroatoms. The number of hydrogen-bond donors (Lipinski definition) is 2. The van der Waals surface area contributed by atoms with Gasteiger partial charge < -0.3 is 34.8 Å². The maximum atomic E-state index is 10.8. The summed E-state index contributed by atoms with van der Waals surface area (Å²) in [4.78, 5) is 36.5.